The number of methoxy groups -OCH3 is 1. The van der Waals surface area contributed by atoms with Crippen molar-refractivity contribution in [2.75, 3.05) is 13.7 Å². The number of phenols is 1. The Kier molecular flexibility index (Phi) is 8.13. The lowest BCUT2D eigenvalue weighted by atomic mass is 9.61. The standard InChI is InChI=1S/C31H30BrNO8/c1-41-25-13-16(7-11-23(25)34)6-8-18-17-9-10-19-28(20(17)14-21-27(18)24(35)15-22(32)29(21)38)31(40)33(30(19)39)12-4-2-3-5-26(36)37/h6-9,11,13,15,18-20,28,34H,2-5,10,12,14H2,1H3,(H,36,37). The number of halogens is 1. The number of nitrogens with zero attached hydrogens (tertiary/aromatic N) is 1. The van der Waals surface area contributed by atoms with E-state index < -0.39 is 29.6 Å². The molecule has 9 nitrogen and oxygen atoms in total. The second kappa shape index (κ2) is 11.6. The number of amides is 2. The highest BCUT2D eigenvalue weighted by Gasteiger charge is 2.55. The molecule has 4 atom stereocenters. The predicted molar refractivity (Wildman–Crippen MR) is 152 cm³/mol. The van der Waals surface area contributed by atoms with Crippen molar-refractivity contribution in [3.05, 3.63) is 63.2 Å². The van der Waals surface area contributed by atoms with Gasteiger partial charge in [0.1, 0.15) is 0 Å². The average molecular weight is 624 g/mol. The third-order valence-electron chi connectivity index (χ3n) is 8.43. The number of fused-ring (bicyclic) bond motifs is 3. The van der Waals surface area contributed by atoms with E-state index in [9.17, 15) is 29.1 Å². The Morgan fingerprint density at radius 2 is 1.90 bits per heavy atom. The molecule has 2 N–H and O–H groups in total. The minimum atomic E-state index is -0.876. The molecule has 41 heavy (non-hydrogen) atoms. The number of ether oxygens (including phenoxy) is 1. The summed E-state index contributed by atoms with van der Waals surface area (Å²) in [6.07, 6.45) is 9.05. The molecule has 10 heteroatoms. The Morgan fingerprint density at radius 1 is 1.12 bits per heavy atom. The zero-order valence-corrected chi connectivity index (χ0v) is 24.1. The van der Waals surface area contributed by atoms with Crippen molar-refractivity contribution in [3.63, 3.8) is 0 Å². The predicted octanol–water partition coefficient (Wildman–Crippen LogP) is 4.35. The molecular formula is C31H30BrNO8. The van der Waals surface area contributed by atoms with E-state index in [-0.39, 0.29) is 53.0 Å². The number of likely N-dealkylation sites (tertiary alicyclic amines) is 1. The minimum absolute atomic E-state index is 0.00713. The van der Waals surface area contributed by atoms with Gasteiger partial charge in [0.05, 0.1) is 23.4 Å². The van der Waals surface area contributed by atoms with E-state index in [1.807, 2.05) is 12.2 Å². The summed E-state index contributed by atoms with van der Waals surface area (Å²) in [4.78, 5) is 65.6. The van der Waals surface area contributed by atoms with Gasteiger partial charge in [-0.05, 0) is 65.2 Å². The van der Waals surface area contributed by atoms with Crippen LogP contribution in [-0.2, 0) is 24.0 Å². The van der Waals surface area contributed by atoms with Crippen LogP contribution in [0.5, 0.6) is 11.5 Å². The number of ketones is 2. The number of carboxylic acid groups (broad SMARTS) is 1. The van der Waals surface area contributed by atoms with E-state index in [0.717, 1.165) is 5.57 Å². The number of carbonyl (C=O) groups excluding carboxylic acids is 4. The number of aliphatic carboxylic acids is 1. The summed E-state index contributed by atoms with van der Waals surface area (Å²) >= 11 is 3.22. The van der Waals surface area contributed by atoms with Crippen LogP contribution >= 0.6 is 15.9 Å². The first-order valence-corrected chi connectivity index (χ1v) is 14.4. The van der Waals surface area contributed by atoms with Gasteiger partial charge in [-0.15, -0.1) is 0 Å². The number of unbranched alkanes of at least 4 members (excludes halogenated alkanes) is 2. The van der Waals surface area contributed by atoms with Crippen LogP contribution in [-0.4, -0.2) is 58.1 Å². The third-order valence-corrected chi connectivity index (χ3v) is 9.02. The Balaban J connectivity index is 1.46. The van der Waals surface area contributed by atoms with Gasteiger partial charge >= 0.3 is 5.97 Å². The maximum absolute atomic E-state index is 13.7. The first-order chi connectivity index (χ1) is 19.6. The average Bonchev–Trinajstić information content (AvgIpc) is 3.19. The van der Waals surface area contributed by atoms with Gasteiger partial charge in [-0.3, -0.25) is 28.9 Å². The van der Waals surface area contributed by atoms with Crippen LogP contribution in [0.4, 0.5) is 0 Å². The van der Waals surface area contributed by atoms with Gasteiger partial charge in [0.25, 0.3) is 0 Å². The van der Waals surface area contributed by atoms with Crippen LogP contribution in [0, 0.1) is 23.7 Å². The van der Waals surface area contributed by atoms with Gasteiger partial charge in [-0.1, -0.05) is 36.3 Å². The fraction of sp³-hybridized carbons (Fsp3) is 0.387. The van der Waals surface area contributed by atoms with Gasteiger partial charge in [0.2, 0.25) is 11.8 Å². The Bertz CT molecular complexity index is 1470. The van der Waals surface area contributed by atoms with Crippen LogP contribution in [0.3, 0.4) is 0 Å². The fourth-order valence-electron chi connectivity index (χ4n) is 6.50. The van der Waals surface area contributed by atoms with E-state index >= 15 is 0 Å². The molecule has 1 aliphatic heterocycles. The molecule has 1 fully saturated rings. The number of phenolic OH excluding ortho intramolecular Hbond substituents is 1. The molecule has 0 bridgehead atoms. The molecule has 2 amide bonds. The number of Topliss-reactive ketones (excluding diaryl/α,β-unsaturated/α-hetero) is 1. The molecule has 1 aromatic rings. The molecule has 0 aromatic heterocycles. The quantitative estimate of drug-likeness (QED) is 0.179. The van der Waals surface area contributed by atoms with Crippen molar-refractivity contribution in [1.29, 1.82) is 0 Å². The summed E-state index contributed by atoms with van der Waals surface area (Å²) in [7, 11) is 1.45. The fourth-order valence-corrected chi connectivity index (χ4v) is 6.95. The molecule has 0 radical (unpaired) electrons. The SMILES string of the molecule is COc1cc(C=CC2C3=CCC4C(=O)N(CCCCCC(=O)O)C(=O)C4C3CC3=C2C(=O)C=C(Br)C3=O)ccc1O. The minimum Gasteiger partial charge on any atom is -0.504 e. The highest BCUT2D eigenvalue weighted by atomic mass is 79.9. The van der Waals surface area contributed by atoms with Crippen molar-refractivity contribution in [1.82, 2.24) is 4.90 Å². The topological polar surface area (TPSA) is 138 Å². The van der Waals surface area contributed by atoms with Gasteiger partial charge in [-0.2, -0.15) is 0 Å². The molecule has 4 aliphatic rings. The summed E-state index contributed by atoms with van der Waals surface area (Å²) in [6, 6.07) is 4.86. The van der Waals surface area contributed by atoms with E-state index in [2.05, 4.69) is 15.9 Å². The van der Waals surface area contributed by atoms with Gasteiger partial charge < -0.3 is 14.9 Å². The molecule has 3 aliphatic carbocycles. The number of allylic oxidation sites excluding steroid dienone is 7. The number of imide groups is 1. The molecule has 4 unspecified atom stereocenters. The summed E-state index contributed by atoms with van der Waals surface area (Å²) < 4.78 is 5.38. The summed E-state index contributed by atoms with van der Waals surface area (Å²) in [6.45, 7) is 0.234. The molecule has 1 saturated heterocycles. The second-order valence-electron chi connectivity index (χ2n) is 10.8. The normalized spacial score (nSPS) is 25.7. The van der Waals surface area contributed by atoms with Crippen molar-refractivity contribution in [3.8, 4) is 11.5 Å². The van der Waals surface area contributed by atoms with Gasteiger partial charge in [0, 0.05) is 36.1 Å². The van der Waals surface area contributed by atoms with Crippen LogP contribution in [0.15, 0.2) is 57.6 Å². The highest BCUT2D eigenvalue weighted by molar-refractivity contribution is 9.12. The molecule has 0 saturated carbocycles. The molecular weight excluding hydrogens is 594 g/mol. The number of aromatic hydroxyl groups is 1. The maximum Gasteiger partial charge on any atom is 0.303 e. The molecule has 0 spiro atoms. The molecule has 1 aromatic carbocycles. The monoisotopic (exact) mass is 623 g/mol. The maximum atomic E-state index is 13.7. The number of benzene rings is 1. The van der Waals surface area contributed by atoms with Crippen LogP contribution in [0.2, 0.25) is 0 Å². The van der Waals surface area contributed by atoms with Crippen molar-refractivity contribution < 1.29 is 38.9 Å². The van der Waals surface area contributed by atoms with Crippen LogP contribution < -0.4 is 4.74 Å². The number of rotatable bonds is 9. The molecule has 1 heterocycles. The highest BCUT2D eigenvalue weighted by Crippen LogP contribution is 2.53. The summed E-state index contributed by atoms with van der Waals surface area (Å²) in [5, 5.41) is 18.8. The number of carbonyl (C=O) groups is 5. The lowest BCUT2D eigenvalue weighted by Gasteiger charge is -2.41. The molecule has 214 valence electrons. The zero-order chi connectivity index (χ0) is 29.4. The summed E-state index contributed by atoms with van der Waals surface area (Å²) in [5.74, 6) is -3.80. The Morgan fingerprint density at radius 3 is 2.63 bits per heavy atom. The number of hydrogen-bond acceptors (Lipinski definition) is 7. The Hall–Kier alpha value is -3.79. The second-order valence-corrected chi connectivity index (χ2v) is 11.6. The van der Waals surface area contributed by atoms with E-state index in [1.165, 1.54) is 24.2 Å². The van der Waals surface area contributed by atoms with Crippen molar-refractivity contribution >= 4 is 51.4 Å². The molecule has 5 rings (SSSR count). The number of hydrogen-bond donors (Lipinski definition) is 2. The lowest BCUT2D eigenvalue weighted by molar-refractivity contribution is -0.141. The van der Waals surface area contributed by atoms with Gasteiger partial charge in [-0.25, -0.2) is 0 Å². The Labute approximate surface area is 245 Å². The first-order valence-electron chi connectivity index (χ1n) is 13.6. The zero-order valence-electron chi connectivity index (χ0n) is 22.5. The van der Waals surface area contributed by atoms with Crippen LogP contribution in [0.25, 0.3) is 6.08 Å². The third kappa shape index (κ3) is 5.32. The van der Waals surface area contributed by atoms with E-state index in [0.29, 0.717) is 48.1 Å². The van der Waals surface area contributed by atoms with Crippen LogP contribution in [0.1, 0.15) is 44.1 Å². The van der Waals surface area contributed by atoms with Crippen molar-refractivity contribution in [2.24, 2.45) is 23.7 Å². The largest absolute Gasteiger partial charge is 0.504 e. The van der Waals surface area contributed by atoms with E-state index in [4.69, 9.17) is 9.84 Å². The first kappa shape index (κ1) is 28.7. The number of carboxylic acids is 1. The van der Waals surface area contributed by atoms with Gasteiger partial charge in [0.15, 0.2) is 23.1 Å². The van der Waals surface area contributed by atoms with Crippen molar-refractivity contribution in [2.45, 2.75) is 38.5 Å². The smallest absolute Gasteiger partial charge is 0.303 e. The summed E-state index contributed by atoms with van der Waals surface area (Å²) in [5.41, 5.74) is 2.31. The lowest BCUT2D eigenvalue weighted by Crippen LogP contribution is -2.40. The van der Waals surface area contributed by atoms with E-state index in [1.54, 1.807) is 18.2 Å².